The first-order valence-electron chi connectivity index (χ1n) is 12.1. The third-order valence-corrected chi connectivity index (χ3v) is 6.10. The summed E-state index contributed by atoms with van der Waals surface area (Å²) in [4.78, 5) is 48.9. The van der Waals surface area contributed by atoms with Gasteiger partial charge in [-0.2, -0.15) is 0 Å². The van der Waals surface area contributed by atoms with Crippen molar-refractivity contribution in [3.63, 3.8) is 0 Å². The molecular formula is C31H21ClFN3O5. The van der Waals surface area contributed by atoms with Crippen molar-refractivity contribution in [1.29, 1.82) is 0 Å². The van der Waals surface area contributed by atoms with Crippen molar-refractivity contribution < 1.29 is 23.7 Å². The smallest absolute Gasteiger partial charge is 0.272 e. The van der Waals surface area contributed by atoms with Gasteiger partial charge in [-0.1, -0.05) is 35.9 Å². The van der Waals surface area contributed by atoms with Crippen LogP contribution in [0.1, 0.15) is 31.8 Å². The lowest BCUT2D eigenvalue weighted by atomic mass is 10.1. The van der Waals surface area contributed by atoms with E-state index in [-0.39, 0.29) is 27.5 Å². The zero-order chi connectivity index (χ0) is 29.4. The van der Waals surface area contributed by atoms with Gasteiger partial charge < -0.3 is 10.6 Å². The Morgan fingerprint density at radius 3 is 2.15 bits per heavy atom. The molecule has 4 rings (SSSR count). The lowest BCUT2D eigenvalue weighted by Crippen LogP contribution is -2.30. The van der Waals surface area contributed by atoms with Crippen LogP contribution in [0.4, 0.5) is 15.8 Å². The molecule has 204 valence electrons. The number of carbonyl (C=O) groups excluding carboxylic acids is 3. The van der Waals surface area contributed by atoms with Crippen LogP contribution in [0.25, 0.3) is 12.2 Å². The van der Waals surface area contributed by atoms with Crippen LogP contribution < -0.4 is 10.6 Å². The Morgan fingerprint density at radius 2 is 1.51 bits per heavy atom. The van der Waals surface area contributed by atoms with Crippen LogP contribution in [-0.2, 0) is 4.79 Å². The largest absolute Gasteiger partial charge is 0.321 e. The highest BCUT2D eigenvalue weighted by atomic mass is 35.5. The molecule has 2 amide bonds. The predicted molar refractivity (Wildman–Crippen MR) is 155 cm³/mol. The summed E-state index contributed by atoms with van der Waals surface area (Å²) in [6.45, 7) is 0. The first-order valence-corrected chi connectivity index (χ1v) is 12.5. The molecule has 4 aromatic rings. The van der Waals surface area contributed by atoms with Crippen molar-refractivity contribution in [3.8, 4) is 0 Å². The fourth-order valence-electron chi connectivity index (χ4n) is 3.64. The Hall–Kier alpha value is -5.41. The van der Waals surface area contributed by atoms with Crippen molar-refractivity contribution >= 4 is 52.7 Å². The maximum Gasteiger partial charge on any atom is 0.272 e. The third kappa shape index (κ3) is 7.59. The second kappa shape index (κ2) is 13.1. The van der Waals surface area contributed by atoms with Gasteiger partial charge in [-0.25, -0.2) is 4.39 Å². The number of non-ortho nitro benzene ring substituents is 1. The molecule has 0 bridgehead atoms. The quantitative estimate of drug-likeness (QED) is 0.101. The summed E-state index contributed by atoms with van der Waals surface area (Å²) in [6, 6.07) is 23.9. The van der Waals surface area contributed by atoms with Crippen LogP contribution in [0, 0.1) is 15.9 Å². The standard InChI is InChI=1S/C31H21ClFN3O5/c32-26-7-4-8-27(33)25(26)17-18-29(37)21-11-13-23(14-12-21)34-31(39)28(35-30(38)22-5-2-1-3-6-22)19-20-9-15-24(16-10-20)36(40)41/h1-19H,(H,34,39)(H,35,38)/b18-17+,28-19-. The predicted octanol–water partition coefficient (Wildman–Crippen LogP) is 6.69. The molecule has 0 fully saturated rings. The number of benzene rings is 4. The molecule has 0 saturated heterocycles. The average molecular weight is 570 g/mol. The van der Waals surface area contributed by atoms with E-state index in [1.807, 2.05) is 0 Å². The van der Waals surface area contributed by atoms with Crippen LogP contribution in [0.5, 0.6) is 0 Å². The molecular weight excluding hydrogens is 549 g/mol. The Kier molecular flexibility index (Phi) is 9.13. The zero-order valence-corrected chi connectivity index (χ0v) is 22.0. The van der Waals surface area contributed by atoms with E-state index in [4.69, 9.17) is 11.6 Å². The van der Waals surface area contributed by atoms with Crippen LogP contribution >= 0.6 is 11.6 Å². The van der Waals surface area contributed by atoms with Gasteiger partial charge in [0.25, 0.3) is 17.5 Å². The number of hydrogen-bond acceptors (Lipinski definition) is 5. The van der Waals surface area contributed by atoms with E-state index in [2.05, 4.69) is 10.6 Å². The summed E-state index contributed by atoms with van der Waals surface area (Å²) in [7, 11) is 0. The molecule has 8 nitrogen and oxygen atoms in total. The third-order valence-electron chi connectivity index (χ3n) is 5.77. The molecule has 10 heteroatoms. The number of hydrogen-bond donors (Lipinski definition) is 2. The number of nitro benzene ring substituents is 1. The maximum atomic E-state index is 14.0. The van der Waals surface area contributed by atoms with Gasteiger partial charge >= 0.3 is 0 Å². The fraction of sp³-hybridized carbons (Fsp3) is 0. The van der Waals surface area contributed by atoms with Gasteiger partial charge in [0.15, 0.2) is 5.78 Å². The number of ketones is 1. The molecule has 0 spiro atoms. The minimum atomic E-state index is -0.666. The topological polar surface area (TPSA) is 118 Å². The number of nitrogens with one attached hydrogen (secondary N) is 2. The summed E-state index contributed by atoms with van der Waals surface area (Å²) in [5.74, 6) is -2.16. The van der Waals surface area contributed by atoms with Crippen molar-refractivity contribution in [3.05, 3.63) is 152 Å². The molecule has 0 radical (unpaired) electrons. The Morgan fingerprint density at radius 1 is 0.829 bits per heavy atom. The van der Waals surface area contributed by atoms with Gasteiger partial charge in [-0.05, 0) is 84.5 Å². The normalized spacial score (nSPS) is 11.2. The second-order valence-electron chi connectivity index (χ2n) is 8.59. The second-order valence-corrected chi connectivity index (χ2v) is 9.00. The van der Waals surface area contributed by atoms with Crippen molar-refractivity contribution in [2.45, 2.75) is 0 Å². The van der Waals surface area contributed by atoms with Crippen LogP contribution in [0.15, 0.2) is 109 Å². The first kappa shape index (κ1) is 28.6. The minimum Gasteiger partial charge on any atom is -0.321 e. The van der Waals surface area contributed by atoms with Crippen LogP contribution in [0.3, 0.4) is 0 Å². The maximum absolute atomic E-state index is 14.0. The molecule has 2 N–H and O–H groups in total. The van der Waals surface area contributed by atoms with Crippen LogP contribution in [0.2, 0.25) is 5.02 Å². The molecule has 0 aromatic heterocycles. The van der Waals surface area contributed by atoms with E-state index < -0.39 is 28.3 Å². The van der Waals surface area contributed by atoms with E-state index in [0.29, 0.717) is 16.8 Å². The highest BCUT2D eigenvalue weighted by Crippen LogP contribution is 2.21. The Balaban J connectivity index is 1.52. The summed E-state index contributed by atoms with van der Waals surface area (Å²) in [5, 5.41) is 16.4. The first-order chi connectivity index (χ1) is 19.7. The van der Waals surface area contributed by atoms with Crippen molar-refractivity contribution in [1.82, 2.24) is 5.32 Å². The van der Waals surface area contributed by atoms with Gasteiger partial charge in [0.05, 0.1) is 9.95 Å². The molecule has 41 heavy (non-hydrogen) atoms. The number of rotatable bonds is 9. The number of nitrogens with zero attached hydrogens (tertiary/aromatic N) is 1. The number of halogens is 2. The number of carbonyl (C=O) groups is 3. The van der Waals surface area contributed by atoms with Gasteiger partial charge in [0.2, 0.25) is 0 Å². The summed E-state index contributed by atoms with van der Waals surface area (Å²) >= 11 is 5.99. The number of amides is 2. The summed E-state index contributed by atoms with van der Waals surface area (Å²) < 4.78 is 14.0. The van der Waals surface area contributed by atoms with E-state index in [1.54, 1.807) is 30.3 Å². The summed E-state index contributed by atoms with van der Waals surface area (Å²) in [6.07, 6.45) is 3.87. The van der Waals surface area contributed by atoms with E-state index in [9.17, 15) is 28.9 Å². The SMILES string of the molecule is O=C(Nc1ccc(C(=O)/C=C/c2c(F)cccc2Cl)cc1)/C(=C/c1ccc([N+](=O)[O-])cc1)NC(=O)c1ccccc1. The average Bonchev–Trinajstić information content (AvgIpc) is 2.97. The summed E-state index contributed by atoms with van der Waals surface area (Å²) in [5.41, 5.74) is 1.23. The molecule has 0 aliphatic carbocycles. The molecule has 4 aromatic carbocycles. The van der Waals surface area contributed by atoms with Crippen molar-refractivity contribution in [2.75, 3.05) is 5.32 Å². The van der Waals surface area contributed by atoms with Gasteiger partial charge in [0, 0.05) is 34.5 Å². The van der Waals surface area contributed by atoms with Gasteiger partial charge in [-0.15, -0.1) is 0 Å². The van der Waals surface area contributed by atoms with Crippen molar-refractivity contribution in [2.24, 2.45) is 0 Å². The Labute approximate surface area is 238 Å². The lowest BCUT2D eigenvalue weighted by Gasteiger charge is -2.12. The van der Waals surface area contributed by atoms with Gasteiger partial charge in [0.1, 0.15) is 11.5 Å². The van der Waals surface area contributed by atoms with Gasteiger partial charge in [-0.3, -0.25) is 24.5 Å². The molecule has 0 atom stereocenters. The number of allylic oxidation sites excluding steroid dienone is 1. The molecule has 0 saturated carbocycles. The van der Waals surface area contributed by atoms with E-state index in [0.717, 1.165) is 0 Å². The monoisotopic (exact) mass is 569 g/mol. The lowest BCUT2D eigenvalue weighted by molar-refractivity contribution is -0.384. The fourth-order valence-corrected chi connectivity index (χ4v) is 3.87. The molecule has 0 unspecified atom stereocenters. The van der Waals surface area contributed by atoms with Crippen LogP contribution in [-0.4, -0.2) is 22.5 Å². The molecule has 0 aliphatic rings. The highest BCUT2D eigenvalue weighted by Gasteiger charge is 2.16. The van der Waals surface area contributed by atoms with E-state index >= 15 is 0 Å². The molecule has 0 aliphatic heterocycles. The zero-order valence-electron chi connectivity index (χ0n) is 21.2. The highest BCUT2D eigenvalue weighted by molar-refractivity contribution is 6.32. The Bertz CT molecular complexity index is 1650. The molecule has 0 heterocycles. The number of anilines is 1. The number of nitro groups is 1. The van der Waals surface area contributed by atoms with E-state index in [1.165, 1.54) is 85.0 Å². The minimum absolute atomic E-state index is 0.0938.